The Balaban J connectivity index is 2.08. The van der Waals surface area contributed by atoms with E-state index >= 15 is 0 Å². The molecule has 0 bridgehead atoms. The topological polar surface area (TPSA) is 100 Å². The molecule has 2 aromatic heterocycles. The molecule has 1 aromatic carbocycles. The average Bonchev–Trinajstić information content (AvgIpc) is 2.60. The van der Waals surface area contributed by atoms with Crippen molar-refractivity contribution in [2.45, 2.75) is 19.0 Å². The van der Waals surface area contributed by atoms with Crippen LogP contribution in [0.15, 0.2) is 47.4 Å². The molecule has 148 valence electrons. The molecule has 2 heterocycles. The predicted octanol–water partition coefficient (Wildman–Crippen LogP) is 1.96. The fourth-order valence-electron chi connectivity index (χ4n) is 2.21. The van der Waals surface area contributed by atoms with E-state index in [1.165, 1.54) is 6.92 Å². The second kappa shape index (κ2) is 7.11. The van der Waals surface area contributed by atoms with E-state index in [2.05, 4.69) is 14.2 Å². The van der Waals surface area contributed by atoms with Crippen LogP contribution in [0.1, 0.15) is 11.4 Å². The van der Waals surface area contributed by atoms with E-state index in [0.29, 0.717) is 11.6 Å². The van der Waals surface area contributed by atoms with Gasteiger partial charge >= 0.3 is 15.6 Å². The highest BCUT2D eigenvalue weighted by Crippen LogP contribution is 2.29. The van der Waals surface area contributed by atoms with Gasteiger partial charge in [-0.15, -0.1) is 4.73 Å². The zero-order valence-electron chi connectivity index (χ0n) is 14.2. The van der Waals surface area contributed by atoms with Crippen molar-refractivity contribution in [3.63, 3.8) is 0 Å². The van der Waals surface area contributed by atoms with Gasteiger partial charge in [-0.2, -0.15) is 21.6 Å². The summed E-state index contributed by atoms with van der Waals surface area (Å²) in [5.74, 6) is -0.670. The summed E-state index contributed by atoms with van der Waals surface area (Å²) in [5, 5.41) is -0.244. The Hall–Kier alpha value is -3.15. The lowest BCUT2D eigenvalue weighted by Gasteiger charge is -2.14. The highest BCUT2D eigenvalue weighted by Gasteiger charge is 2.49. The van der Waals surface area contributed by atoms with Gasteiger partial charge in [0.15, 0.2) is 11.4 Å². The summed E-state index contributed by atoms with van der Waals surface area (Å²) in [5.41, 5.74) is -6.14. The Morgan fingerprint density at radius 3 is 2.50 bits per heavy atom. The maximum absolute atomic E-state index is 12.6. The summed E-state index contributed by atoms with van der Waals surface area (Å²) in [6.07, 6.45) is 1.04. The molecule has 0 atom stereocenters. The third-order valence-electron chi connectivity index (χ3n) is 3.49. The van der Waals surface area contributed by atoms with E-state index in [9.17, 15) is 26.4 Å². The van der Waals surface area contributed by atoms with E-state index in [1.54, 1.807) is 30.3 Å². The summed E-state index contributed by atoms with van der Waals surface area (Å²) in [4.78, 5) is 25.6. The summed E-state index contributed by atoms with van der Waals surface area (Å²) in [7, 11) is -5.98. The van der Waals surface area contributed by atoms with Crippen molar-refractivity contribution in [1.82, 2.24) is 14.7 Å². The van der Waals surface area contributed by atoms with Crippen LogP contribution >= 0.6 is 0 Å². The Morgan fingerprint density at radius 1 is 1.18 bits per heavy atom. The monoisotopic (exact) mass is 415 g/mol. The van der Waals surface area contributed by atoms with Gasteiger partial charge in [0, 0.05) is 6.20 Å². The third kappa shape index (κ3) is 3.91. The van der Waals surface area contributed by atoms with Gasteiger partial charge in [-0.25, -0.2) is 9.97 Å². The van der Waals surface area contributed by atoms with Crippen LogP contribution < -0.4 is 14.6 Å². The normalized spacial score (nSPS) is 12.1. The SMILES string of the molecule is Cc1ncc2c(OS(=O)(=O)C(F)(F)F)cc(=O)n(OCc3ccccc3)c2n1. The zero-order chi connectivity index (χ0) is 20.5. The summed E-state index contributed by atoms with van der Waals surface area (Å²) in [6.45, 7) is 1.44. The number of alkyl halides is 3. The molecule has 0 aliphatic heterocycles. The largest absolute Gasteiger partial charge is 0.534 e. The van der Waals surface area contributed by atoms with Gasteiger partial charge in [0.05, 0.1) is 11.5 Å². The Kier molecular flexibility index (Phi) is 4.98. The summed E-state index contributed by atoms with van der Waals surface area (Å²) in [6, 6.07) is 9.33. The van der Waals surface area contributed by atoms with Crippen LogP contribution in [0.3, 0.4) is 0 Å². The molecule has 0 aliphatic carbocycles. The lowest BCUT2D eigenvalue weighted by molar-refractivity contribution is -0.0499. The maximum atomic E-state index is 12.6. The first kappa shape index (κ1) is 19.6. The lowest BCUT2D eigenvalue weighted by atomic mass is 10.2. The number of halogens is 3. The highest BCUT2D eigenvalue weighted by atomic mass is 32.2. The highest BCUT2D eigenvalue weighted by molar-refractivity contribution is 7.88. The number of aromatic nitrogens is 3. The molecule has 12 heteroatoms. The smallest absolute Gasteiger partial charge is 0.404 e. The van der Waals surface area contributed by atoms with E-state index in [0.717, 1.165) is 10.9 Å². The average molecular weight is 415 g/mol. The number of nitrogens with zero attached hydrogens (tertiary/aromatic N) is 3. The number of hydrogen-bond donors (Lipinski definition) is 0. The molecule has 3 rings (SSSR count). The van der Waals surface area contributed by atoms with Crippen molar-refractivity contribution in [3.8, 4) is 5.75 Å². The Labute approximate surface area is 156 Å². The molecule has 0 N–H and O–H groups in total. The van der Waals surface area contributed by atoms with Gasteiger partial charge in [-0.3, -0.25) is 4.79 Å². The first-order valence-electron chi connectivity index (χ1n) is 7.66. The van der Waals surface area contributed by atoms with E-state index < -0.39 is 26.9 Å². The van der Waals surface area contributed by atoms with E-state index in [4.69, 9.17) is 4.84 Å². The van der Waals surface area contributed by atoms with Crippen molar-refractivity contribution in [2.75, 3.05) is 0 Å². The van der Waals surface area contributed by atoms with Crippen LogP contribution in [0.2, 0.25) is 0 Å². The van der Waals surface area contributed by atoms with Gasteiger partial charge in [0.2, 0.25) is 0 Å². The van der Waals surface area contributed by atoms with Gasteiger partial charge in [0.25, 0.3) is 5.56 Å². The number of aryl methyl sites for hydroxylation is 1. The first-order valence-corrected chi connectivity index (χ1v) is 9.07. The first-order chi connectivity index (χ1) is 13.1. The third-order valence-corrected chi connectivity index (χ3v) is 4.45. The van der Waals surface area contributed by atoms with Crippen LogP contribution in [0.5, 0.6) is 5.75 Å². The number of rotatable bonds is 5. The van der Waals surface area contributed by atoms with Gasteiger partial charge < -0.3 is 9.02 Å². The molecule has 0 aliphatic rings. The minimum atomic E-state index is -5.98. The molecule has 0 amide bonds. The van der Waals surface area contributed by atoms with Crippen molar-refractivity contribution >= 4 is 21.2 Å². The standard InChI is InChI=1S/C16H12F3N3O5S/c1-10-20-8-12-13(27-28(24,25)16(17,18)19)7-14(23)22(15(12)21-10)26-9-11-5-3-2-4-6-11/h2-8H,9H2,1H3. The van der Waals surface area contributed by atoms with Crippen LogP contribution in [0.4, 0.5) is 13.2 Å². The van der Waals surface area contributed by atoms with Gasteiger partial charge in [0.1, 0.15) is 12.4 Å². The van der Waals surface area contributed by atoms with Crippen molar-refractivity contribution in [3.05, 3.63) is 64.3 Å². The molecule has 28 heavy (non-hydrogen) atoms. The molecule has 0 saturated heterocycles. The number of pyridine rings is 1. The molecule has 0 fully saturated rings. The summed E-state index contributed by atoms with van der Waals surface area (Å²) < 4.78 is 65.3. The molecule has 3 aromatic rings. The fourth-order valence-corrected chi connectivity index (χ4v) is 2.68. The fraction of sp³-hybridized carbons (Fsp3) is 0.188. The number of benzene rings is 1. The van der Waals surface area contributed by atoms with Crippen LogP contribution in [-0.4, -0.2) is 28.6 Å². The second-order valence-corrected chi connectivity index (χ2v) is 7.08. The molecule has 0 spiro atoms. The quantitative estimate of drug-likeness (QED) is 0.464. The van der Waals surface area contributed by atoms with Gasteiger partial charge in [-0.1, -0.05) is 30.3 Å². The van der Waals surface area contributed by atoms with Crippen molar-refractivity contribution < 1.29 is 30.6 Å². The minimum Gasteiger partial charge on any atom is -0.404 e. The number of fused-ring (bicyclic) bond motifs is 1. The summed E-state index contributed by atoms with van der Waals surface area (Å²) >= 11 is 0. The molecule has 0 saturated carbocycles. The second-order valence-electron chi connectivity index (χ2n) is 5.54. The molecule has 0 radical (unpaired) electrons. The van der Waals surface area contributed by atoms with Crippen molar-refractivity contribution in [2.24, 2.45) is 0 Å². The van der Waals surface area contributed by atoms with Crippen LogP contribution in [-0.2, 0) is 16.7 Å². The van der Waals surface area contributed by atoms with Crippen molar-refractivity contribution in [1.29, 1.82) is 0 Å². The molecular weight excluding hydrogens is 403 g/mol. The molecular formula is C16H12F3N3O5S. The number of hydrogen-bond acceptors (Lipinski definition) is 7. The molecule has 8 nitrogen and oxygen atoms in total. The Bertz CT molecular complexity index is 1180. The predicted molar refractivity (Wildman–Crippen MR) is 90.9 cm³/mol. The lowest BCUT2D eigenvalue weighted by Crippen LogP contribution is -2.31. The van der Waals surface area contributed by atoms with E-state index in [1.807, 2.05) is 0 Å². The zero-order valence-corrected chi connectivity index (χ0v) is 15.0. The van der Waals surface area contributed by atoms with Crippen LogP contribution in [0.25, 0.3) is 11.0 Å². The maximum Gasteiger partial charge on any atom is 0.534 e. The molecule has 0 unspecified atom stereocenters. The Morgan fingerprint density at radius 2 is 1.86 bits per heavy atom. The van der Waals surface area contributed by atoms with E-state index in [-0.39, 0.29) is 23.5 Å². The van der Waals surface area contributed by atoms with Crippen LogP contribution in [0, 0.1) is 6.92 Å². The van der Waals surface area contributed by atoms with Gasteiger partial charge in [-0.05, 0) is 12.5 Å². The minimum absolute atomic E-state index is 0.0417.